The molecule has 31 heavy (non-hydrogen) atoms. The minimum Gasteiger partial charge on any atom is -0.354 e. The molecule has 2 aromatic heterocycles. The monoisotopic (exact) mass is 415 g/mol. The van der Waals surface area contributed by atoms with E-state index in [-0.39, 0.29) is 5.91 Å². The number of H-pyrrole nitrogens is 1. The van der Waals surface area contributed by atoms with E-state index < -0.39 is 0 Å². The molecule has 162 valence electrons. The summed E-state index contributed by atoms with van der Waals surface area (Å²) in [5.74, 6) is 1.13. The number of rotatable bonds is 5. The van der Waals surface area contributed by atoms with Crippen LogP contribution in [-0.4, -0.2) is 33.9 Å². The summed E-state index contributed by atoms with van der Waals surface area (Å²) in [6.45, 7) is 14.0. The number of likely N-dealkylation sites (tertiary alicyclic amines) is 1. The van der Waals surface area contributed by atoms with Gasteiger partial charge in [-0.05, 0) is 73.9 Å². The third kappa shape index (κ3) is 4.43. The topological polar surface area (TPSA) is 49.0 Å². The molecule has 0 bridgehead atoms. The van der Waals surface area contributed by atoms with Crippen molar-refractivity contribution in [2.24, 2.45) is 0 Å². The lowest BCUT2D eigenvalue weighted by Gasteiger charge is -2.32. The van der Waals surface area contributed by atoms with E-state index in [1.807, 2.05) is 24.9 Å². The van der Waals surface area contributed by atoms with E-state index in [0.717, 1.165) is 37.2 Å². The highest BCUT2D eigenvalue weighted by Gasteiger charge is 2.25. The fourth-order valence-corrected chi connectivity index (χ4v) is 4.84. The van der Waals surface area contributed by atoms with Crippen molar-refractivity contribution < 1.29 is 4.79 Å². The standard InChI is InChI=1S/C27H33N3O/c1-17(2)14-25(31)30-12-9-20(10-13-30)21-6-7-24-23(16-21)26(18(3)4)27(29-24)22-8-11-28-19(5)15-22/h6-8,11,15-16,18,20,29H,1,9-10,12-14H2,2-5H3. The molecule has 4 nitrogen and oxygen atoms in total. The van der Waals surface area contributed by atoms with Crippen LogP contribution in [0.1, 0.15) is 68.7 Å². The Morgan fingerprint density at radius 1 is 1.23 bits per heavy atom. The minimum atomic E-state index is 0.214. The summed E-state index contributed by atoms with van der Waals surface area (Å²) < 4.78 is 0. The number of aromatic amines is 1. The number of benzene rings is 1. The maximum Gasteiger partial charge on any atom is 0.226 e. The molecule has 0 radical (unpaired) electrons. The van der Waals surface area contributed by atoms with Gasteiger partial charge < -0.3 is 9.88 Å². The van der Waals surface area contributed by atoms with Crippen molar-refractivity contribution in [3.05, 3.63) is 65.5 Å². The first kappa shape index (κ1) is 21.4. The molecule has 1 amide bonds. The molecule has 0 saturated carbocycles. The van der Waals surface area contributed by atoms with Gasteiger partial charge in [-0.15, -0.1) is 0 Å². The Kier molecular flexibility index (Phi) is 5.99. The SMILES string of the molecule is C=C(C)CC(=O)N1CCC(c2ccc3[nH]c(-c4ccnc(C)c4)c(C(C)C)c3c2)CC1. The lowest BCUT2D eigenvalue weighted by atomic mass is 9.87. The van der Waals surface area contributed by atoms with Crippen LogP contribution in [0.15, 0.2) is 48.7 Å². The van der Waals surface area contributed by atoms with Crippen LogP contribution in [0.5, 0.6) is 0 Å². The van der Waals surface area contributed by atoms with Crippen LogP contribution in [-0.2, 0) is 4.79 Å². The molecule has 1 saturated heterocycles. The molecule has 0 aliphatic carbocycles. The number of carbonyl (C=O) groups is 1. The first-order valence-corrected chi connectivity index (χ1v) is 11.3. The number of pyridine rings is 1. The highest BCUT2D eigenvalue weighted by atomic mass is 16.2. The predicted octanol–water partition coefficient (Wildman–Crippen LogP) is 6.33. The number of aryl methyl sites for hydroxylation is 1. The van der Waals surface area contributed by atoms with Gasteiger partial charge in [0.15, 0.2) is 0 Å². The van der Waals surface area contributed by atoms with Crippen molar-refractivity contribution in [3.8, 4) is 11.3 Å². The number of aromatic nitrogens is 2. The highest BCUT2D eigenvalue weighted by molar-refractivity contribution is 5.92. The Bertz CT molecular complexity index is 1120. The molecule has 1 N–H and O–H groups in total. The first-order valence-electron chi connectivity index (χ1n) is 11.3. The van der Waals surface area contributed by atoms with Crippen LogP contribution in [0.2, 0.25) is 0 Å². The summed E-state index contributed by atoms with van der Waals surface area (Å²) in [4.78, 5) is 22.4. The van der Waals surface area contributed by atoms with Gasteiger partial charge in [0, 0.05) is 47.9 Å². The Labute approximate surface area is 185 Å². The van der Waals surface area contributed by atoms with Crippen LogP contribution < -0.4 is 0 Å². The van der Waals surface area contributed by atoms with Gasteiger partial charge >= 0.3 is 0 Å². The summed E-state index contributed by atoms with van der Waals surface area (Å²) in [7, 11) is 0. The number of amides is 1. The van der Waals surface area contributed by atoms with Gasteiger partial charge in [-0.25, -0.2) is 0 Å². The molecule has 3 heterocycles. The van der Waals surface area contributed by atoms with Crippen LogP contribution in [0.25, 0.3) is 22.2 Å². The van der Waals surface area contributed by atoms with Crippen LogP contribution in [0.3, 0.4) is 0 Å². The molecule has 4 rings (SSSR count). The molecular formula is C27H33N3O. The molecule has 1 fully saturated rings. The Balaban J connectivity index is 1.62. The Morgan fingerprint density at radius 2 is 1.97 bits per heavy atom. The van der Waals surface area contributed by atoms with E-state index >= 15 is 0 Å². The summed E-state index contributed by atoms with van der Waals surface area (Å²) in [6, 6.07) is 11.1. The zero-order valence-electron chi connectivity index (χ0n) is 19.2. The predicted molar refractivity (Wildman–Crippen MR) is 128 cm³/mol. The van der Waals surface area contributed by atoms with Crippen molar-refractivity contribution in [1.29, 1.82) is 0 Å². The summed E-state index contributed by atoms with van der Waals surface area (Å²) in [5.41, 5.74) is 8.30. The van der Waals surface area contributed by atoms with E-state index in [4.69, 9.17) is 0 Å². The number of fused-ring (bicyclic) bond motifs is 1. The molecule has 0 spiro atoms. The largest absolute Gasteiger partial charge is 0.354 e. The molecule has 0 unspecified atom stereocenters. The second-order valence-corrected chi connectivity index (χ2v) is 9.35. The number of nitrogens with zero attached hydrogens (tertiary/aromatic N) is 2. The maximum absolute atomic E-state index is 12.4. The first-order chi connectivity index (χ1) is 14.8. The average molecular weight is 416 g/mol. The van der Waals surface area contributed by atoms with E-state index in [1.165, 1.54) is 33.3 Å². The van der Waals surface area contributed by atoms with E-state index in [1.54, 1.807) is 0 Å². The van der Waals surface area contributed by atoms with Crippen molar-refractivity contribution in [3.63, 3.8) is 0 Å². The normalized spacial score (nSPS) is 15.1. The summed E-state index contributed by atoms with van der Waals surface area (Å²) in [5, 5.41) is 1.32. The van der Waals surface area contributed by atoms with Crippen molar-refractivity contribution >= 4 is 16.8 Å². The van der Waals surface area contributed by atoms with E-state index in [0.29, 0.717) is 18.3 Å². The molecule has 1 aliphatic heterocycles. The van der Waals surface area contributed by atoms with Crippen LogP contribution >= 0.6 is 0 Å². The highest BCUT2D eigenvalue weighted by Crippen LogP contribution is 2.38. The second-order valence-electron chi connectivity index (χ2n) is 9.35. The molecule has 0 atom stereocenters. The zero-order chi connectivity index (χ0) is 22.1. The number of hydrogen-bond donors (Lipinski definition) is 1. The fourth-order valence-electron chi connectivity index (χ4n) is 4.84. The summed E-state index contributed by atoms with van der Waals surface area (Å²) in [6.07, 6.45) is 4.39. The fraction of sp³-hybridized carbons (Fsp3) is 0.407. The third-order valence-electron chi connectivity index (χ3n) is 6.40. The Morgan fingerprint density at radius 3 is 2.61 bits per heavy atom. The van der Waals surface area contributed by atoms with E-state index in [2.05, 4.69) is 60.7 Å². The zero-order valence-corrected chi connectivity index (χ0v) is 19.2. The van der Waals surface area contributed by atoms with Gasteiger partial charge in [-0.2, -0.15) is 0 Å². The minimum absolute atomic E-state index is 0.214. The van der Waals surface area contributed by atoms with Gasteiger partial charge in [0.2, 0.25) is 5.91 Å². The second kappa shape index (κ2) is 8.70. The maximum atomic E-state index is 12.4. The van der Waals surface area contributed by atoms with Crippen molar-refractivity contribution in [1.82, 2.24) is 14.9 Å². The van der Waals surface area contributed by atoms with Gasteiger partial charge in [-0.3, -0.25) is 9.78 Å². The molecule has 1 aliphatic rings. The van der Waals surface area contributed by atoms with Crippen LogP contribution in [0, 0.1) is 6.92 Å². The lowest BCUT2D eigenvalue weighted by Crippen LogP contribution is -2.37. The van der Waals surface area contributed by atoms with Crippen LogP contribution in [0.4, 0.5) is 0 Å². The average Bonchev–Trinajstić information content (AvgIpc) is 3.12. The number of nitrogens with one attached hydrogen (secondary N) is 1. The quantitative estimate of drug-likeness (QED) is 0.495. The van der Waals surface area contributed by atoms with Gasteiger partial charge in [0.05, 0.1) is 5.69 Å². The third-order valence-corrected chi connectivity index (χ3v) is 6.40. The van der Waals surface area contributed by atoms with Gasteiger partial charge in [-0.1, -0.05) is 32.1 Å². The number of hydrogen-bond acceptors (Lipinski definition) is 2. The van der Waals surface area contributed by atoms with Crippen molar-refractivity contribution in [2.45, 2.75) is 58.8 Å². The summed E-state index contributed by atoms with van der Waals surface area (Å²) >= 11 is 0. The number of carbonyl (C=O) groups excluding carboxylic acids is 1. The van der Waals surface area contributed by atoms with Gasteiger partial charge in [0.1, 0.15) is 0 Å². The lowest BCUT2D eigenvalue weighted by molar-refractivity contribution is -0.131. The molecule has 3 aromatic rings. The smallest absolute Gasteiger partial charge is 0.226 e. The van der Waals surface area contributed by atoms with Crippen molar-refractivity contribution in [2.75, 3.05) is 13.1 Å². The number of piperidine rings is 1. The molecular weight excluding hydrogens is 382 g/mol. The molecule has 4 heteroatoms. The van der Waals surface area contributed by atoms with E-state index in [9.17, 15) is 4.79 Å². The van der Waals surface area contributed by atoms with Gasteiger partial charge in [0.25, 0.3) is 0 Å². The Hall–Kier alpha value is -2.88. The molecule has 1 aromatic carbocycles.